The van der Waals surface area contributed by atoms with E-state index < -0.39 is 0 Å². The molecule has 0 fully saturated rings. The van der Waals surface area contributed by atoms with E-state index in [-0.39, 0.29) is 5.56 Å². The average molecular weight is 412 g/mol. The van der Waals surface area contributed by atoms with E-state index in [4.69, 9.17) is 9.72 Å². The molecule has 0 atom stereocenters. The van der Waals surface area contributed by atoms with Crippen molar-refractivity contribution in [3.63, 3.8) is 0 Å². The Hall–Kier alpha value is -3.71. The highest BCUT2D eigenvalue weighted by Crippen LogP contribution is 2.28. The molecule has 0 radical (unpaired) electrons. The highest BCUT2D eigenvalue weighted by atomic mass is 32.2. The number of hydrogen-bond acceptors (Lipinski definition) is 6. The van der Waals surface area contributed by atoms with Crippen molar-refractivity contribution < 1.29 is 4.74 Å². The van der Waals surface area contributed by atoms with E-state index in [2.05, 4.69) is 9.97 Å². The molecule has 2 aromatic heterocycles. The van der Waals surface area contributed by atoms with E-state index in [1.807, 2.05) is 66.7 Å². The van der Waals surface area contributed by atoms with Crippen molar-refractivity contribution in [1.82, 2.24) is 19.5 Å². The van der Waals surface area contributed by atoms with Crippen molar-refractivity contribution in [1.29, 1.82) is 0 Å². The largest absolute Gasteiger partial charge is 0.497 e. The lowest BCUT2D eigenvalue weighted by molar-refractivity contribution is 0.414. The van der Waals surface area contributed by atoms with Gasteiger partial charge in [-0.1, -0.05) is 30.3 Å². The van der Waals surface area contributed by atoms with E-state index in [0.29, 0.717) is 32.5 Å². The Morgan fingerprint density at radius 2 is 1.63 bits per heavy atom. The number of benzene rings is 3. The summed E-state index contributed by atoms with van der Waals surface area (Å²) in [5.74, 6) is 0.661. The van der Waals surface area contributed by atoms with E-state index in [1.165, 1.54) is 11.8 Å². The first-order chi connectivity index (χ1) is 14.7. The van der Waals surface area contributed by atoms with Crippen molar-refractivity contribution in [3.05, 3.63) is 89.3 Å². The fourth-order valence-electron chi connectivity index (χ4n) is 3.24. The van der Waals surface area contributed by atoms with Gasteiger partial charge in [-0.15, -0.1) is 0 Å². The summed E-state index contributed by atoms with van der Waals surface area (Å²) in [5, 5.41) is 1.72. The second kappa shape index (κ2) is 7.61. The van der Waals surface area contributed by atoms with E-state index in [9.17, 15) is 4.79 Å². The second-order valence-electron chi connectivity index (χ2n) is 6.55. The SMILES string of the molecule is COc1cccc(-n2c(Sc3cnc4ccccc4n3)nc3ccccc3c2=O)c1. The predicted molar refractivity (Wildman–Crippen MR) is 118 cm³/mol. The smallest absolute Gasteiger partial charge is 0.266 e. The standard InChI is InChI=1S/C23H16N4O2S/c1-29-16-8-6-7-15(13-16)27-22(28)17-9-2-3-10-18(17)26-23(27)30-21-14-24-19-11-4-5-12-20(19)25-21/h2-14H,1H3. The monoisotopic (exact) mass is 412 g/mol. The normalized spacial score (nSPS) is 11.1. The molecule has 0 spiro atoms. The van der Waals surface area contributed by atoms with Gasteiger partial charge in [0.1, 0.15) is 10.8 Å². The maximum Gasteiger partial charge on any atom is 0.266 e. The molecule has 2 heterocycles. The molecule has 0 amide bonds. The van der Waals surface area contributed by atoms with Gasteiger partial charge in [0, 0.05) is 6.07 Å². The molecule has 0 aliphatic carbocycles. The Kier molecular flexibility index (Phi) is 4.65. The minimum atomic E-state index is -0.148. The fourth-order valence-corrected chi connectivity index (χ4v) is 4.10. The fraction of sp³-hybridized carbons (Fsp3) is 0.0435. The topological polar surface area (TPSA) is 69.9 Å². The van der Waals surface area contributed by atoms with Gasteiger partial charge in [0.25, 0.3) is 5.56 Å². The molecule has 146 valence electrons. The van der Waals surface area contributed by atoms with Crippen LogP contribution in [0.3, 0.4) is 0 Å². The molecule has 0 N–H and O–H groups in total. The molecule has 0 saturated carbocycles. The van der Waals surface area contributed by atoms with Crippen LogP contribution in [0.25, 0.3) is 27.6 Å². The molecule has 30 heavy (non-hydrogen) atoms. The lowest BCUT2D eigenvalue weighted by atomic mass is 10.2. The first-order valence-corrected chi connectivity index (χ1v) is 10.1. The van der Waals surface area contributed by atoms with Gasteiger partial charge in [-0.05, 0) is 48.2 Å². The van der Waals surface area contributed by atoms with Crippen LogP contribution in [0, 0.1) is 0 Å². The van der Waals surface area contributed by atoms with Crippen LogP contribution >= 0.6 is 11.8 Å². The van der Waals surface area contributed by atoms with Crippen molar-refractivity contribution in [2.24, 2.45) is 0 Å². The maximum absolute atomic E-state index is 13.4. The zero-order chi connectivity index (χ0) is 20.5. The van der Waals surface area contributed by atoms with Crippen LogP contribution in [0.5, 0.6) is 5.75 Å². The Labute approximate surface area is 176 Å². The summed E-state index contributed by atoms with van der Waals surface area (Å²) in [6.07, 6.45) is 1.70. The van der Waals surface area contributed by atoms with Crippen molar-refractivity contribution in [2.45, 2.75) is 10.2 Å². The molecule has 5 aromatic rings. The first-order valence-electron chi connectivity index (χ1n) is 9.29. The summed E-state index contributed by atoms with van der Waals surface area (Å²) in [5.41, 5.74) is 2.77. The van der Waals surface area contributed by atoms with Gasteiger partial charge in [-0.3, -0.25) is 14.3 Å². The third kappa shape index (κ3) is 3.29. The van der Waals surface area contributed by atoms with Gasteiger partial charge >= 0.3 is 0 Å². The van der Waals surface area contributed by atoms with Gasteiger partial charge in [-0.25, -0.2) is 9.97 Å². The summed E-state index contributed by atoms with van der Waals surface area (Å²) < 4.78 is 6.93. The quantitative estimate of drug-likeness (QED) is 0.405. The molecular formula is C23H16N4O2S. The Morgan fingerprint density at radius 1 is 0.867 bits per heavy atom. The van der Waals surface area contributed by atoms with Crippen LogP contribution in [-0.4, -0.2) is 26.6 Å². The highest BCUT2D eigenvalue weighted by molar-refractivity contribution is 7.99. The molecule has 6 nitrogen and oxygen atoms in total. The number of nitrogens with zero attached hydrogens (tertiary/aromatic N) is 4. The van der Waals surface area contributed by atoms with Crippen LogP contribution in [0.1, 0.15) is 0 Å². The van der Waals surface area contributed by atoms with Crippen molar-refractivity contribution in [3.8, 4) is 11.4 Å². The average Bonchev–Trinajstić information content (AvgIpc) is 2.79. The van der Waals surface area contributed by atoms with Gasteiger partial charge in [-0.2, -0.15) is 0 Å². The maximum atomic E-state index is 13.4. The van der Waals surface area contributed by atoms with Gasteiger partial charge < -0.3 is 4.74 Å². The zero-order valence-electron chi connectivity index (χ0n) is 16.0. The van der Waals surface area contributed by atoms with Crippen LogP contribution in [0.2, 0.25) is 0 Å². The summed E-state index contributed by atoms with van der Waals surface area (Å²) in [7, 11) is 1.60. The number of methoxy groups -OCH3 is 1. The van der Waals surface area contributed by atoms with Crippen LogP contribution in [0.4, 0.5) is 0 Å². The Bertz CT molecular complexity index is 1450. The van der Waals surface area contributed by atoms with E-state index >= 15 is 0 Å². The number of hydrogen-bond donors (Lipinski definition) is 0. The van der Waals surface area contributed by atoms with Crippen LogP contribution < -0.4 is 10.3 Å². The number of fused-ring (bicyclic) bond motifs is 2. The third-order valence-corrected chi connectivity index (χ3v) is 5.54. The molecule has 0 aliphatic rings. The summed E-state index contributed by atoms with van der Waals surface area (Å²) in [6.45, 7) is 0. The molecule has 0 unspecified atom stereocenters. The molecule has 3 aromatic carbocycles. The Morgan fingerprint density at radius 3 is 2.47 bits per heavy atom. The van der Waals surface area contributed by atoms with Crippen molar-refractivity contribution >= 4 is 33.7 Å². The van der Waals surface area contributed by atoms with Gasteiger partial charge in [0.15, 0.2) is 5.16 Å². The Balaban J connectivity index is 1.71. The number of para-hydroxylation sites is 3. The molecule has 7 heteroatoms. The number of rotatable bonds is 4. The molecule has 0 saturated heterocycles. The second-order valence-corrected chi connectivity index (χ2v) is 7.54. The number of ether oxygens (including phenoxy) is 1. The predicted octanol–water partition coefficient (Wildman–Crippen LogP) is 4.49. The summed E-state index contributed by atoms with van der Waals surface area (Å²) in [4.78, 5) is 27.3. The van der Waals surface area contributed by atoms with E-state index in [1.54, 1.807) is 23.9 Å². The molecule has 5 rings (SSSR count). The minimum Gasteiger partial charge on any atom is -0.497 e. The summed E-state index contributed by atoms with van der Waals surface area (Å²) in [6, 6.07) is 22.4. The van der Waals surface area contributed by atoms with E-state index in [0.717, 1.165) is 11.0 Å². The molecule has 0 bridgehead atoms. The van der Waals surface area contributed by atoms with Crippen molar-refractivity contribution in [2.75, 3.05) is 7.11 Å². The van der Waals surface area contributed by atoms with Crippen LogP contribution in [-0.2, 0) is 0 Å². The van der Waals surface area contributed by atoms with Crippen LogP contribution in [0.15, 0.2) is 94.0 Å². The lowest BCUT2D eigenvalue weighted by Gasteiger charge is -2.13. The lowest BCUT2D eigenvalue weighted by Crippen LogP contribution is -2.21. The molecular weight excluding hydrogens is 396 g/mol. The minimum absolute atomic E-state index is 0.148. The zero-order valence-corrected chi connectivity index (χ0v) is 16.8. The third-order valence-electron chi connectivity index (χ3n) is 4.68. The van der Waals surface area contributed by atoms with Gasteiger partial charge in [0.05, 0.1) is 40.9 Å². The highest BCUT2D eigenvalue weighted by Gasteiger charge is 2.15. The summed E-state index contributed by atoms with van der Waals surface area (Å²) >= 11 is 1.30. The molecule has 0 aliphatic heterocycles. The first kappa shape index (κ1) is 18.3. The van der Waals surface area contributed by atoms with Gasteiger partial charge in [0.2, 0.25) is 0 Å². The number of aromatic nitrogens is 4.